The number of sulfonamides is 1. The Bertz CT molecular complexity index is 1210. The van der Waals surface area contributed by atoms with E-state index in [2.05, 4.69) is 10.0 Å². The van der Waals surface area contributed by atoms with E-state index in [-0.39, 0.29) is 48.6 Å². The molecular formula is C21H25FN4O6S. The number of carbonyl (C=O) groups is 2. The molecule has 2 atom stereocenters. The standard InChI is InChI=1S/C21H25FN4O6S/c1-4-31-21(28)26-8-13-11-32-19-17(33(29,30)24-16(13)9-26)10-25(3)18(19)20(27)23-14-5-6-15(22)12(2)7-14/h5-7,10,13,16,24H,4,8-9,11H2,1-3H3,(H,23,27)/t13-,16-/m1/s1. The average Bonchev–Trinajstić information content (AvgIpc) is 3.29. The normalized spacial score (nSPS) is 21.3. The van der Waals surface area contributed by atoms with Gasteiger partial charge in [-0.2, -0.15) is 0 Å². The second-order valence-corrected chi connectivity index (χ2v) is 9.79. The highest BCUT2D eigenvalue weighted by Crippen LogP contribution is 2.34. The van der Waals surface area contributed by atoms with E-state index in [0.717, 1.165) is 0 Å². The molecule has 1 saturated heterocycles. The molecule has 3 heterocycles. The van der Waals surface area contributed by atoms with Crippen molar-refractivity contribution in [2.45, 2.75) is 24.8 Å². The molecule has 1 fully saturated rings. The molecule has 0 aliphatic carbocycles. The van der Waals surface area contributed by atoms with Crippen molar-refractivity contribution in [3.8, 4) is 5.75 Å². The van der Waals surface area contributed by atoms with Crippen LogP contribution in [0.3, 0.4) is 0 Å². The van der Waals surface area contributed by atoms with Gasteiger partial charge < -0.3 is 24.3 Å². The maximum absolute atomic E-state index is 13.6. The highest BCUT2D eigenvalue weighted by atomic mass is 32.2. The average molecular weight is 481 g/mol. The SMILES string of the molecule is CCOC(=O)N1C[C@@H]2COc3c(cn(C)c3C(=O)Nc3ccc(F)c(C)c3)S(=O)(=O)N[C@@H]2C1. The molecule has 1 aromatic heterocycles. The van der Waals surface area contributed by atoms with Crippen molar-refractivity contribution < 1.29 is 31.9 Å². The summed E-state index contributed by atoms with van der Waals surface area (Å²) in [5.74, 6) is -1.40. The Labute approximate surface area is 190 Å². The van der Waals surface area contributed by atoms with Crippen LogP contribution in [0.5, 0.6) is 5.75 Å². The molecule has 0 radical (unpaired) electrons. The smallest absolute Gasteiger partial charge is 0.409 e. The predicted molar refractivity (Wildman–Crippen MR) is 116 cm³/mol. The molecule has 2 aliphatic rings. The van der Waals surface area contributed by atoms with Crippen molar-refractivity contribution in [3.63, 3.8) is 0 Å². The molecule has 10 nitrogen and oxygen atoms in total. The van der Waals surface area contributed by atoms with Crippen molar-refractivity contribution in [3.05, 3.63) is 41.5 Å². The summed E-state index contributed by atoms with van der Waals surface area (Å²) in [6.45, 7) is 3.98. The van der Waals surface area contributed by atoms with Gasteiger partial charge in [0.2, 0.25) is 10.0 Å². The minimum atomic E-state index is -4.04. The number of aryl methyl sites for hydroxylation is 2. The van der Waals surface area contributed by atoms with Crippen LogP contribution in [0.4, 0.5) is 14.9 Å². The van der Waals surface area contributed by atoms with Crippen molar-refractivity contribution in [2.75, 3.05) is 31.6 Å². The summed E-state index contributed by atoms with van der Waals surface area (Å²) in [7, 11) is -2.50. The van der Waals surface area contributed by atoms with Gasteiger partial charge in [-0.1, -0.05) is 0 Å². The fourth-order valence-corrected chi connectivity index (χ4v) is 5.56. The largest absolute Gasteiger partial charge is 0.489 e. The number of likely N-dealkylation sites (tertiary alicyclic amines) is 1. The zero-order chi connectivity index (χ0) is 23.9. The predicted octanol–water partition coefficient (Wildman–Crippen LogP) is 1.85. The number of halogens is 1. The molecule has 1 aromatic carbocycles. The van der Waals surface area contributed by atoms with Gasteiger partial charge in [0.25, 0.3) is 5.91 Å². The lowest BCUT2D eigenvalue weighted by atomic mass is 10.1. The number of aromatic nitrogens is 1. The van der Waals surface area contributed by atoms with E-state index < -0.39 is 33.9 Å². The van der Waals surface area contributed by atoms with Crippen LogP contribution in [0.2, 0.25) is 0 Å². The quantitative estimate of drug-likeness (QED) is 0.692. The van der Waals surface area contributed by atoms with Gasteiger partial charge in [0, 0.05) is 44.0 Å². The van der Waals surface area contributed by atoms with E-state index in [0.29, 0.717) is 11.3 Å². The highest BCUT2D eigenvalue weighted by Gasteiger charge is 2.42. The molecule has 178 valence electrons. The molecule has 33 heavy (non-hydrogen) atoms. The van der Waals surface area contributed by atoms with E-state index in [4.69, 9.17) is 9.47 Å². The zero-order valence-electron chi connectivity index (χ0n) is 18.4. The van der Waals surface area contributed by atoms with E-state index in [9.17, 15) is 22.4 Å². The number of fused-ring (bicyclic) bond motifs is 2. The lowest BCUT2D eigenvalue weighted by Gasteiger charge is -2.23. The molecule has 4 rings (SSSR count). The van der Waals surface area contributed by atoms with Gasteiger partial charge in [0.15, 0.2) is 11.4 Å². The molecule has 0 bridgehead atoms. The first kappa shape index (κ1) is 23.1. The Kier molecular flexibility index (Phi) is 6.06. The number of nitrogens with zero attached hydrogens (tertiary/aromatic N) is 2. The number of ether oxygens (including phenoxy) is 2. The Morgan fingerprint density at radius 1 is 1.33 bits per heavy atom. The first-order valence-electron chi connectivity index (χ1n) is 10.4. The highest BCUT2D eigenvalue weighted by molar-refractivity contribution is 7.89. The maximum atomic E-state index is 13.6. The first-order chi connectivity index (χ1) is 15.6. The van der Waals surface area contributed by atoms with Crippen LogP contribution in [0, 0.1) is 18.7 Å². The second kappa shape index (κ2) is 8.67. The van der Waals surface area contributed by atoms with E-state index in [1.54, 1.807) is 13.8 Å². The lowest BCUT2D eigenvalue weighted by molar-refractivity contribution is 0.101. The second-order valence-electron chi connectivity index (χ2n) is 8.10. The summed E-state index contributed by atoms with van der Waals surface area (Å²) in [6.07, 6.45) is 0.789. The van der Waals surface area contributed by atoms with Crippen LogP contribution >= 0.6 is 0 Å². The van der Waals surface area contributed by atoms with Gasteiger partial charge >= 0.3 is 6.09 Å². The monoisotopic (exact) mass is 480 g/mol. The van der Waals surface area contributed by atoms with Gasteiger partial charge in [0.05, 0.1) is 13.2 Å². The molecule has 2 N–H and O–H groups in total. The van der Waals surface area contributed by atoms with Gasteiger partial charge in [-0.3, -0.25) is 4.79 Å². The molecule has 0 unspecified atom stereocenters. The number of anilines is 1. The maximum Gasteiger partial charge on any atom is 0.409 e. The molecule has 12 heteroatoms. The Morgan fingerprint density at radius 2 is 2.09 bits per heavy atom. The number of rotatable bonds is 3. The van der Waals surface area contributed by atoms with Crippen LogP contribution in [-0.4, -0.2) is 62.2 Å². The number of nitrogens with one attached hydrogen (secondary N) is 2. The third-order valence-electron chi connectivity index (χ3n) is 5.74. The number of amides is 2. The number of hydrogen-bond acceptors (Lipinski definition) is 6. The van der Waals surface area contributed by atoms with Crippen LogP contribution in [-0.2, 0) is 21.8 Å². The third-order valence-corrected chi connectivity index (χ3v) is 7.22. The molecule has 2 aliphatic heterocycles. The fourth-order valence-electron chi connectivity index (χ4n) is 4.07. The van der Waals surface area contributed by atoms with Crippen LogP contribution in [0.1, 0.15) is 23.0 Å². The Morgan fingerprint density at radius 3 is 2.79 bits per heavy atom. The molecule has 0 spiro atoms. The summed E-state index contributed by atoms with van der Waals surface area (Å²) in [5.41, 5.74) is 0.731. The summed E-state index contributed by atoms with van der Waals surface area (Å²) >= 11 is 0. The van der Waals surface area contributed by atoms with Crippen molar-refractivity contribution >= 4 is 27.7 Å². The van der Waals surface area contributed by atoms with Gasteiger partial charge in [-0.25, -0.2) is 22.3 Å². The van der Waals surface area contributed by atoms with Gasteiger partial charge in [-0.05, 0) is 37.6 Å². The Balaban J connectivity index is 1.62. The van der Waals surface area contributed by atoms with Crippen molar-refractivity contribution in [1.82, 2.24) is 14.2 Å². The van der Waals surface area contributed by atoms with E-state index in [1.165, 1.54) is 40.9 Å². The third kappa shape index (κ3) is 4.40. The molecule has 2 aromatic rings. The Hall–Kier alpha value is -3.12. The van der Waals surface area contributed by atoms with Crippen LogP contribution in [0.25, 0.3) is 0 Å². The van der Waals surface area contributed by atoms with Crippen LogP contribution < -0.4 is 14.8 Å². The summed E-state index contributed by atoms with van der Waals surface area (Å²) in [5, 5.41) is 2.66. The van der Waals surface area contributed by atoms with Gasteiger partial charge in [0.1, 0.15) is 10.7 Å². The van der Waals surface area contributed by atoms with Crippen molar-refractivity contribution in [2.24, 2.45) is 13.0 Å². The number of hydrogen-bond donors (Lipinski definition) is 2. The molecule has 0 saturated carbocycles. The fraction of sp³-hybridized carbons (Fsp3) is 0.429. The van der Waals surface area contributed by atoms with E-state index >= 15 is 0 Å². The van der Waals surface area contributed by atoms with Crippen molar-refractivity contribution in [1.29, 1.82) is 0 Å². The number of benzene rings is 1. The summed E-state index contributed by atoms with van der Waals surface area (Å²) < 4.78 is 54.7. The topological polar surface area (TPSA) is 119 Å². The minimum absolute atomic E-state index is 0.0102. The minimum Gasteiger partial charge on any atom is -0.489 e. The molecular weight excluding hydrogens is 455 g/mol. The van der Waals surface area contributed by atoms with Crippen LogP contribution in [0.15, 0.2) is 29.3 Å². The lowest BCUT2D eigenvalue weighted by Crippen LogP contribution is -2.43. The first-order valence-corrected chi connectivity index (χ1v) is 11.9. The summed E-state index contributed by atoms with van der Waals surface area (Å²) in [6, 6.07) is 3.58. The van der Waals surface area contributed by atoms with E-state index in [1.807, 2.05) is 0 Å². The van der Waals surface area contributed by atoms with Gasteiger partial charge in [-0.15, -0.1) is 0 Å². The number of carbonyl (C=O) groups excluding carboxylic acids is 2. The summed E-state index contributed by atoms with van der Waals surface area (Å²) in [4.78, 5) is 26.4. The zero-order valence-corrected chi connectivity index (χ0v) is 19.2. The molecule has 2 amide bonds.